The van der Waals surface area contributed by atoms with E-state index in [1.54, 1.807) is 0 Å². The Morgan fingerprint density at radius 3 is 2.74 bits per heavy atom. The predicted octanol–water partition coefficient (Wildman–Crippen LogP) is 2.58. The van der Waals surface area contributed by atoms with E-state index < -0.39 is 0 Å². The minimum Gasteiger partial charge on any atom is -0.329 e. The lowest BCUT2D eigenvalue weighted by atomic mass is 9.92. The van der Waals surface area contributed by atoms with Crippen LogP contribution in [0, 0.1) is 5.41 Å². The average molecular weight is 260 g/mol. The van der Waals surface area contributed by atoms with Crippen LogP contribution in [-0.4, -0.2) is 18.9 Å². The Kier molecular flexibility index (Phi) is 3.60. The molecule has 0 spiro atoms. The van der Waals surface area contributed by atoms with Crippen molar-refractivity contribution in [3.8, 4) is 0 Å². The zero-order valence-electron chi connectivity index (χ0n) is 11.7. The number of fused-ring (bicyclic) bond motifs is 1. The molecule has 1 aromatic carbocycles. The molecule has 0 aliphatic carbocycles. The molecule has 0 saturated carbocycles. The highest BCUT2D eigenvalue weighted by molar-refractivity contribution is 5.98. The van der Waals surface area contributed by atoms with E-state index in [1.807, 2.05) is 43.9 Å². The number of nitrogens with zero attached hydrogens (tertiary/aromatic N) is 1. The van der Waals surface area contributed by atoms with Crippen LogP contribution in [0.3, 0.4) is 0 Å². The van der Waals surface area contributed by atoms with E-state index in [2.05, 4.69) is 5.32 Å². The Balaban J connectivity index is 2.35. The molecular weight excluding hydrogens is 240 g/mol. The van der Waals surface area contributed by atoms with Crippen LogP contribution in [0.4, 0.5) is 11.4 Å². The molecule has 19 heavy (non-hydrogen) atoms. The van der Waals surface area contributed by atoms with Crippen LogP contribution < -0.4 is 10.2 Å². The summed E-state index contributed by atoms with van der Waals surface area (Å²) in [6, 6.07) is 5.71. The molecule has 0 bridgehead atoms. The Morgan fingerprint density at radius 2 is 2.11 bits per heavy atom. The van der Waals surface area contributed by atoms with Crippen molar-refractivity contribution in [1.29, 1.82) is 0 Å². The lowest BCUT2D eigenvalue weighted by Gasteiger charge is -2.34. The minimum atomic E-state index is -0.381. The topological polar surface area (TPSA) is 49.4 Å². The van der Waals surface area contributed by atoms with Crippen molar-refractivity contribution < 1.29 is 9.59 Å². The number of hydrogen-bond acceptors (Lipinski definition) is 2. The second-order valence-electron chi connectivity index (χ2n) is 5.92. The summed E-state index contributed by atoms with van der Waals surface area (Å²) in [5, 5.41) is 2.65. The van der Waals surface area contributed by atoms with Gasteiger partial charge in [0, 0.05) is 23.3 Å². The fraction of sp³-hybridized carbons (Fsp3) is 0.467. The molecule has 1 N–H and O–H groups in total. The van der Waals surface area contributed by atoms with Gasteiger partial charge < -0.3 is 10.2 Å². The maximum Gasteiger partial charge on any atom is 0.232 e. The van der Waals surface area contributed by atoms with Crippen LogP contribution in [0.2, 0.25) is 0 Å². The van der Waals surface area contributed by atoms with Crippen molar-refractivity contribution in [2.24, 2.45) is 5.41 Å². The van der Waals surface area contributed by atoms with Gasteiger partial charge in [0.05, 0.1) is 0 Å². The number of anilines is 2. The van der Waals surface area contributed by atoms with E-state index >= 15 is 0 Å². The smallest absolute Gasteiger partial charge is 0.232 e. The van der Waals surface area contributed by atoms with Crippen LogP contribution in [-0.2, 0) is 16.0 Å². The van der Waals surface area contributed by atoms with Crippen molar-refractivity contribution in [3.05, 3.63) is 23.8 Å². The number of carbonyl (C=O) groups is 2. The number of benzene rings is 1. The van der Waals surface area contributed by atoms with Gasteiger partial charge in [-0.15, -0.1) is 0 Å². The van der Waals surface area contributed by atoms with Gasteiger partial charge in [-0.05, 0) is 36.6 Å². The fourth-order valence-electron chi connectivity index (χ4n) is 2.37. The number of rotatable bonds is 2. The summed E-state index contributed by atoms with van der Waals surface area (Å²) >= 11 is 0. The molecule has 1 aliphatic heterocycles. The van der Waals surface area contributed by atoms with E-state index in [1.165, 1.54) is 0 Å². The first kappa shape index (κ1) is 13.6. The lowest BCUT2D eigenvalue weighted by Crippen LogP contribution is -2.42. The molecule has 4 heteroatoms. The van der Waals surface area contributed by atoms with E-state index in [0.29, 0.717) is 6.41 Å². The van der Waals surface area contributed by atoms with Gasteiger partial charge in [0.15, 0.2) is 0 Å². The summed E-state index contributed by atoms with van der Waals surface area (Å²) in [7, 11) is 0. The Labute approximate surface area is 113 Å². The SMILES string of the molecule is CC(C)(C)C(=O)N1CCCc2cc(NC=O)ccc21. The Morgan fingerprint density at radius 1 is 1.37 bits per heavy atom. The largest absolute Gasteiger partial charge is 0.329 e. The van der Waals surface area contributed by atoms with Gasteiger partial charge in [-0.25, -0.2) is 0 Å². The van der Waals surface area contributed by atoms with E-state index in [-0.39, 0.29) is 11.3 Å². The zero-order chi connectivity index (χ0) is 14.0. The van der Waals surface area contributed by atoms with E-state index in [4.69, 9.17) is 0 Å². The maximum absolute atomic E-state index is 12.4. The van der Waals surface area contributed by atoms with Gasteiger partial charge in [0.1, 0.15) is 0 Å². The molecule has 0 saturated heterocycles. The summed E-state index contributed by atoms with van der Waals surface area (Å²) in [4.78, 5) is 24.8. The molecule has 0 atom stereocenters. The monoisotopic (exact) mass is 260 g/mol. The van der Waals surface area contributed by atoms with E-state index in [0.717, 1.165) is 36.3 Å². The zero-order valence-corrected chi connectivity index (χ0v) is 11.7. The molecule has 0 aromatic heterocycles. The molecule has 0 radical (unpaired) electrons. The normalized spacial score (nSPS) is 14.8. The second kappa shape index (κ2) is 5.03. The lowest BCUT2D eigenvalue weighted by molar-refractivity contribution is -0.125. The molecule has 1 aromatic rings. The maximum atomic E-state index is 12.4. The Bertz CT molecular complexity index is 503. The summed E-state index contributed by atoms with van der Waals surface area (Å²) in [5.41, 5.74) is 2.49. The summed E-state index contributed by atoms with van der Waals surface area (Å²) in [5.74, 6) is 0.143. The van der Waals surface area contributed by atoms with Gasteiger partial charge in [-0.3, -0.25) is 9.59 Å². The summed E-state index contributed by atoms with van der Waals surface area (Å²) < 4.78 is 0. The first-order valence-electron chi connectivity index (χ1n) is 6.58. The van der Waals surface area contributed by atoms with Crippen LogP contribution in [0.15, 0.2) is 18.2 Å². The molecule has 1 aliphatic rings. The first-order valence-corrected chi connectivity index (χ1v) is 6.58. The number of amides is 2. The van der Waals surface area contributed by atoms with Crippen molar-refractivity contribution in [3.63, 3.8) is 0 Å². The highest BCUT2D eigenvalue weighted by Crippen LogP contribution is 2.32. The number of aryl methyl sites for hydroxylation is 1. The summed E-state index contributed by atoms with van der Waals surface area (Å²) in [6.45, 7) is 6.58. The Hall–Kier alpha value is -1.84. The van der Waals surface area contributed by atoms with E-state index in [9.17, 15) is 9.59 Å². The van der Waals surface area contributed by atoms with Gasteiger partial charge in [0.25, 0.3) is 0 Å². The molecule has 1 heterocycles. The third-order valence-corrected chi connectivity index (χ3v) is 3.31. The third kappa shape index (κ3) is 2.78. The van der Waals surface area contributed by atoms with Gasteiger partial charge in [-0.1, -0.05) is 20.8 Å². The molecule has 2 amide bonds. The third-order valence-electron chi connectivity index (χ3n) is 3.31. The fourth-order valence-corrected chi connectivity index (χ4v) is 2.37. The van der Waals surface area contributed by atoms with Gasteiger partial charge >= 0.3 is 0 Å². The van der Waals surface area contributed by atoms with Crippen LogP contribution in [0.1, 0.15) is 32.8 Å². The van der Waals surface area contributed by atoms with Crippen molar-refractivity contribution >= 4 is 23.7 Å². The van der Waals surface area contributed by atoms with Crippen molar-refractivity contribution in [1.82, 2.24) is 0 Å². The van der Waals surface area contributed by atoms with Gasteiger partial charge in [0.2, 0.25) is 12.3 Å². The van der Waals surface area contributed by atoms with Crippen molar-refractivity contribution in [2.75, 3.05) is 16.8 Å². The predicted molar refractivity (Wildman–Crippen MR) is 76.3 cm³/mol. The van der Waals surface area contributed by atoms with Crippen LogP contribution in [0.25, 0.3) is 0 Å². The average Bonchev–Trinajstić information content (AvgIpc) is 2.36. The van der Waals surface area contributed by atoms with Crippen LogP contribution in [0.5, 0.6) is 0 Å². The standard InChI is InChI=1S/C15H20N2O2/c1-15(2,3)14(19)17-8-4-5-11-9-12(16-10-18)6-7-13(11)17/h6-7,9-10H,4-5,8H2,1-3H3,(H,16,18). The van der Waals surface area contributed by atoms with Crippen LogP contribution >= 0.6 is 0 Å². The second-order valence-corrected chi connectivity index (χ2v) is 5.92. The minimum absolute atomic E-state index is 0.143. The number of hydrogen-bond donors (Lipinski definition) is 1. The number of carbonyl (C=O) groups excluding carboxylic acids is 2. The highest BCUT2D eigenvalue weighted by atomic mass is 16.2. The molecule has 2 rings (SSSR count). The quantitative estimate of drug-likeness (QED) is 0.831. The number of nitrogens with one attached hydrogen (secondary N) is 1. The summed E-state index contributed by atoms with van der Waals surface area (Å²) in [6.07, 6.45) is 2.57. The molecule has 0 unspecified atom stereocenters. The first-order chi connectivity index (χ1) is 8.93. The molecule has 0 fully saturated rings. The van der Waals surface area contributed by atoms with Gasteiger partial charge in [-0.2, -0.15) is 0 Å². The molecule has 102 valence electrons. The molecular formula is C15H20N2O2. The van der Waals surface area contributed by atoms with Crippen molar-refractivity contribution in [2.45, 2.75) is 33.6 Å². The molecule has 4 nitrogen and oxygen atoms in total. The highest BCUT2D eigenvalue weighted by Gasteiger charge is 2.30.